The first-order valence-corrected chi connectivity index (χ1v) is 8.11. The summed E-state index contributed by atoms with van der Waals surface area (Å²) in [5, 5.41) is 0. The molecule has 0 aromatic heterocycles. The zero-order chi connectivity index (χ0) is 15.3. The largest absolute Gasteiger partial charge is 0.496 e. The Bertz CT molecular complexity index is 499. The molecule has 0 N–H and O–H groups in total. The molecule has 120 valence electrons. The van der Waals surface area contributed by atoms with Crippen LogP contribution in [-0.2, 0) is 9.47 Å². The van der Waals surface area contributed by atoms with Crippen molar-refractivity contribution in [1.29, 1.82) is 0 Å². The third-order valence-corrected chi connectivity index (χ3v) is 4.44. The first-order valence-electron chi connectivity index (χ1n) is 8.11. The first-order chi connectivity index (χ1) is 10.8. The summed E-state index contributed by atoms with van der Waals surface area (Å²) in [6, 6.07) is 8.08. The highest BCUT2D eigenvalue weighted by atomic mass is 16.7. The van der Waals surface area contributed by atoms with Crippen LogP contribution < -0.4 is 4.74 Å². The van der Waals surface area contributed by atoms with Gasteiger partial charge in [-0.2, -0.15) is 0 Å². The Hall–Kier alpha value is -1.36. The standard InChI is InChI=1S/C18H25NO3/c1-20-17-8-3-2-6-16(17)7-4-11-19-12-9-18(10-13-19)21-14-5-15-22-18/h2-4,6-8H,5,9-15H2,1H3/b7-4-. The molecule has 0 bridgehead atoms. The van der Waals surface area contributed by atoms with Gasteiger partial charge >= 0.3 is 0 Å². The summed E-state index contributed by atoms with van der Waals surface area (Å²) in [5.74, 6) is 0.626. The van der Waals surface area contributed by atoms with Crippen LogP contribution in [0.3, 0.4) is 0 Å². The molecule has 4 heteroatoms. The van der Waals surface area contributed by atoms with Crippen LogP contribution >= 0.6 is 0 Å². The van der Waals surface area contributed by atoms with Gasteiger partial charge in [-0.15, -0.1) is 0 Å². The Morgan fingerprint density at radius 2 is 1.91 bits per heavy atom. The molecule has 0 saturated carbocycles. The van der Waals surface area contributed by atoms with Crippen LogP contribution in [0.5, 0.6) is 5.75 Å². The average Bonchev–Trinajstić information content (AvgIpc) is 2.58. The van der Waals surface area contributed by atoms with Crippen molar-refractivity contribution in [2.45, 2.75) is 25.0 Å². The molecule has 0 amide bonds. The van der Waals surface area contributed by atoms with Crippen molar-refractivity contribution in [3.8, 4) is 5.75 Å². The van der Waals surface area contributed by atoms with Gasteiger partial charge < -0.3 is 14.2 Å². The quantitative estimate of drug-likeness (QED) is 0.856. The number of methoxy groups -OCH3 is 1. The Kier molecular flexibility index (Phi) is 5.13. The number of hydrogen-bond acceptors (Lipinski definition) is 4. The van der Waals surface area contributed by atoms with Crippen molar-refractivity contribution in [3.63, 3.8) is 0 Å². The summed E-state index contributed by atoms with van der Waals surface area (Å²) in [4.78, 5) is 2.44. The average molecular weight is 303 g/mol. The summed E-state index contributed by atoms with van der Waals surface area (Å²) < 4.78 is 17.1. The lowest BCUT2D eigenvalue weighted by Crippen LogP contribution is -2.50. The molecule has 2 heterocycles. The van der Waals surface area contributed by atoms with Gasteiger partial charge in [-0.1, -0.05) is 30.4 Å². The lowest BCUT2D eigenvalue weighted by Gasteiger charge is -2.43. The van der Waals surface area contributed by atoms with E-state index in [1.807, 2.05) is 18.2 Å². The molecule has 0 atom stereocenters. The Balaban J connectivity index is 1.49. The van der Waals surface area contributed by atoms with E-state index < -0.39 is 0 Å². The number of nitrogens with zero attached hydrogens (tertiary/aromatic N) is 1. The van der Waals surface area contributed by atoms with Gasteiger partial charge in [-0.05, 0) is 12.5 Å². The molecular formula is C18H25NO3. The van der Waals surface area contributed by atoms with Crippen LogP contribution in [0.4, 0.5) is 0 Å². The monoisotopic (exact) mass is 303 g/mol. The van der Waals surface area contributed by atoms with Crippen LogP contribution in [0.25, 0.3) is 6.08 Å². The fourth-order valence-corrected chi connectivity index (χ4v) is 3.11. The first kappa shape index (κ1) is 15.5. The van der Waals surface area contributed by atoms with Crippen LogP contribution in [0, 0.1) is 0 Å². The van der Waals surface area contributed by atoms with Gasteiger partial charge in [-0.3, -0.25) is 4.90 Å². The van der Waals surface area contributed by atoms with E-state index in [0.29, 0.717) is 0 Å². The normalized spacial score (nSPS) is 22.2. The molecular weight excluding hydrogens is 278 g/mol. The highest BCUT2D eigenvalue weighted by molar-refractivity contribution is 5.57. The number of likely N-dealkylation sites (tertiary alicyclic amines) is 1. The van der Waals surface area contributed by atoms with Gasteiger partial charge in [0.05, 0.1) is 20.3 Å². The van der Waals surface area contributed by atoms with E-state index in [0.717, 1.165) is 63.4 Å². The van der Waals surface area contributed by atoms with E-state index >= 15 is 0 Å². The third-order valence-electron chi connectivity index (χ3n) is 4.44. The molecule has 2 aliphatic heterocycles. The molecule has 3 rings (SSSR count). The van der Waals surface area contributed by atoms with Crippen LogP contribution in [-0.4, -0.2) is 50.6 Å². The second kappa shape index (κ2) is 7.27. The van der Waals surface area contributed by atoms with Crippen molar-refractivity contribution in [2.75, 3.05) is 40.0 Å². The Labute approximate surface area is 132 Å². The van der Waals surface area contributed by atoms with Gasteiger partial charge in [0, 0.05) is 38.0 Å². The minimum Gasteiger partial charge on any atom is -0.496 e. The predicted molar refractivity (Wildman–Crippen MR) is 87.0 cm³/mol. The molecule has 2 fully saturated rings. The second-order valence-corrected chi connectivity index (χ2v) is 5.91. The van der Waals surface area contributed by atoms with Crippen molar-refractivity contribution in [1.82, 2.24) is 4.90 Å². The van der Waals surface area contributed by atoms with Crippen LogP contribution in [0.2, 0.25) is 0 Å². The highest BCUT2D eigenvalue weighted by Crippen LogP contribution is 2.30. The number of ether oxygens (including phenoxy) is 3. The summed E-state index contributed by atoms with van der Waals surface area (Å²) in [6.07, 6.45) is 7.30. The third kappa shape index (κ3) is 3.69. The van der Waals surface area contributed by atoms with Crippen molar-refractivity contribution in [2.24, 2.45) is 0 Å². The fraction of sp³-hybridized carbons (Fsp3) is 0.556. The maximum Gasteiger partial charge on any atom is 0.170 e. The highest BCUT2D eigenvalue weighted by Gasteiger charge is 2.37. The zero-order valence-corrected chi connectivity index (χ0v) is 13.3. The number of rotatable bonds is 4. The van der Waals surface area contributed by atoms with E-state index in [4.69, 9.17) is 14.2 Å². The van der Waals surface area contributed by atoms with Gasteiger partial charge in [0.2, 0.25) is 0 Å². The minimum absolute atomic E-state index is 0.291. The van der Waals surface area contributed by atoms with E-state index in [1.54, 1.807) is 7.11 Å². The van der Waals surface area contributed by atoms with Crippen LogP contribution in [0.1, 0.15) is 24.8 Å². The van der Waals surface area contributed by atoms with E-state index in [2.05, 4.69) is 23.1 Å². The molecule has 1 aromatic rings. The molecule has 0 radical (unpaired) electrons. The molecule has 2 saturated heterocycles. The molecule has 2 aliphatic rings. The Morgan fingerprint density at radius 1 is 1.18 bits per heavy atom. The zero-order valence-electron chi connectivity index (χ0n) is 13.3. The Morgan fingerprint density at radius 3 is 2.64 bits per heavy atom. The maximum atomic E-state index is 5.88. The topological polar surface area (TPSA) is 30.9 Å². The fourth-order valence-electron chi connectivity index (χ4n) is 3.11. The number of hydrogen-bond donors (Lipinski definition) is 0. The molecule has 1 aromatic carbocycles. The summed E-state index contributed by atoms with van der Waals surface area (Å²) in [5.41, 5.74) is 1.12. The van der Waals surface area contributed by atoms with Gasteiger partial charge in [-0.25, -0.2) is 0 Å². The minimum atomic E-state index is -0.291. The lowest BCUT2D eigenvalue weighted by atomic mass is 10.0. The van der Waals surface area contributed by atoms with E-state index in [9.17, 15) is 0 Å². The lowest BCUT2D eigenvalue weighted by molar-refractivity contribution is -0.283. The molecule has 1 spiro atoms. The maximum absolute atomic E-state index is 5.88. The number of piperidine rings is 1. The molecule has 0 unspecified atom stereocenters. The van der Waals surface area contributed by atoms with Gasteiger partial charge in [0.1, 0.15) is 5.75 Å². The molecule has 22 heavy (non-hydrogen) atoms. The van der Waals surface area contributed by atoms with Gasteiger partial charge in [0.25, 0.3) is 0 Å². The van der Waals surface area contributed by atoms with E-state index in [1.165, 1.54) is 0 Å². The number of para-hydroxylation sites is 1. The van der Waals surface area contributed by atoms with Crippen molar-refractivity contribution < 1.29 is 14.2 Å². The van der Waals surface area contributed by atoms with Crippen molar-refractivity contribution >= 4 is 6.08 Å². The summed E-state index contributed by atoms with van der Waals surface area (Å²) in [6.45, 7) is 4.68. The predicted octanol–water partition coefficient (Wildman–Crippen LogP) is 2.94. The van der Waals surface area contributed by atoms with E-state index in [-0.39, 0.29) is 5.79 Å². The SMILES string of the molecule is COc1ccccc1/C=C\CN1CCC2(CC1)OCCCO2. The smallest absolute Gasteiger partial charge is 0.170 e. The molecule has 0 aliphatic carbocycles. The van der Waals surface area contributed by atoms with Crippen LogP contribution in [0.15, 0.2) is 30.3 Å². The van der Waals surface area contributed by atoms with Gasteiger partial charge in [0.15, 0.2) is 5.79 Å². The summed E-state index contributed by atoms with van der Waals surface area (Å²) >= 11 is 0. The molecule has 4 nitrogen and oxygen atoms in total. The van der Waals surface area contributed by atoms with Crippen molar-refractivity contribution in [3.05, 3.63) is 35.9 Å². The summed E-state index contributed by atoms with van der Waals surface area (Å²) in [7, 11) is 1.71. The number of benzene rings is 1. The second-order valence-electron chi connectivity index (χ2n) is 5.91.